The Hall–Kier alpha value is -0.170. The van der Waals surface area contributed by atoms with Crippen molar-refractivity contribution in [2.75, 3.05) is 26.2 Å². The topological polar surface area (TPSA) is 61.4 Å². The molecule has 1 saturated heterocycles. The molecule has 1 saturated carbocycles. The van der Waals surface area contributed by atoms with E-state index in [2.05, 4.69) is 23.9 Å². The van der Waals surface area contributed by atoms with Gasteiger partial charge in [0.1, 0.15) is 0 Å². The number of nitrogens with one attached hydrogen (secondary N) is 2. The molecule has 2 aliphatic rings. The summed E-state index contributed by atoms with van der Waals surface area (Å²) >= 11 is 0. The minimum atomic E-state index is -3.31. The molecule has 0 aromatic rings. The molecule has 0 spiro atoms. The molecule has 1 heterocycles. The molecular weight excluding hydrogens is 262 g/mol. The van der Waals surface area contributed by atoms with Gasteiger partial charge in [-0.3, -0.25) is 0 Å². The average Bonchev–Trinajstić information content (AvgIpc) is 2.39. The van der Waals surface area contributed by atoms with E-state index >= 15 is 0 Å². The smallest absolute Gasteiger partial charge is 0.279 e. The lowest BCUT2D eigenvalue weighted by molar-refractivity contribution is 0.222. The molecule has 2 fully saturated rings. The zero-order chi connectivity index (χ0) is 13.9. The summed E-state index contributed by atoms with van der Waals surface area (Å²) in [6, 6.07) is 0.119. The van der Waals surface area contributed by atoms with E-state index in [4.69, 9.17) is 0 Å². The number of nitrogens with zero attached hydrogens (tertiary/aromatic N) is 1. The molecule has 0 bridgehead atoms. The van der Waals surface area contributed by atoms with Gasteiger partial charge >= 0.3 is 0 Å². The van der Waals surface area contributed by atoms with Gasteiger partial charge in [-0.25, -0.2) is 0 Å². The van der Waals surface area contributed by atoms with Crippen LogP contribution in [-0.2, 0) is 10.2 Å². The summed E-state index contributed by atoms with van der Waals surface area (Å²) in [5.74, 6) is 1.02. The van der Waals surface area contributed by atoms with Crippen LogP contribution >= 0.6 is 0 Å². The Bertz CT molecular complexity index is 377. The van der Waals surface area contributed by atoms with Crippen molar-refractivity contribution in [3.63, 3.8) is 0 Å². The molecular formula is C13H27N3O2S. The predicted octanol–water partition coefficient (Wildman–Crippen LogP) is 0.941. The number of piperazine rings is 1. The highest BCUT2D eigenvalue weighted by atomic mass is 32.2. The maximum absolute atomic E-state index is 12.4. The summed E-state index contributed by atoms with van der Waals surface area (Å²) in [4.78, 5) is 0. The second-order valence-electron chi connectivity index (χ2n) is 6.07. The molecule has 0 amide bonds. The van der Waals surface area contributed by atoms with Crippen LogP contribution < -0.4 is 10.0 Å². The van der Waals surface area contributed by atoms with Crippen LogP contribution in [0, 0.1) is 11.8 Å². The number of hydrogen-bond acceptors (Lipinski definition) is 3. The Morgan fingerprint density at radius 2 is 1.79 bits per heavy atom. The van der Waals surface area contributed by atoms with Crippen molar-refractivity contribution in [3.05, 3.63) is 0 Å². The lowest BCUT2D eigenvalue weighted by Crippen LogP contribution is -2.54. The van der Waals surface area contributed by atoms with E-state index in [1.165, 1.54) is 6.42 Å². The lowest BCUT2D eigenvalue weighted by Gasteiger charge is -2.36. The van der Waals surface area contributed by atoms with Crippen LogP contribution in [0.2, 0.25) is 0 Å². The Morgan fingerprint density at radius 3 is 2.42 bits per heavy atom. The van der Waals surface area contributed by atoms with Crippen LogP contribution in [0.5, 0.6) is 0 Å². The quantitative estimate of drug-likeness (QED) is 0.810. The van der Waals surface area contributed by atoms with Crippen molar-refractivity contribution in [1.29, 1.82) is 0 Å². The molecule has 1 aliphatic carbocycles. The molecule has 2 unspecified atom stereocenters. The van der Waals surface area contributed by atoms with Crippen LogP contribution in [0.1, 0.15) is 39.5 Å². The van der Waals surface area contributed by atoms with Gasteiger partial charge in [0.15, 0.2) is 0 Å². The Kier molecular flexibility index (Phi) is 5.22. The minimum absolute atomic E-state index is 0.119. The first-order valence-electron chi connectivity index (χ1n) is 7.49. The van der Waals surface area contributed by atoms with Crippen LogP contribution in [0.3, 0.4) is 0 Å². The van der Waals surface area contributed by atoms with Crippen LogP contribution in [-0.4, -0.2) is 44.9 Å². The van der Waals surface area contributed by atoms with Crippen molar-refractivity contribution in [3.8, 4) is 0 Å². The third-order valence-corrected chi connectivity index (χ3v) is 6.04. The van der Waals surface area contributed by atoms with E-state index in [0.29, 0.717) is 24.9 Å². The Morgan fingerprint density at radius 1 is 1.16 bits per heavy atom. The van der Waals surface area contributed by atoms with Gasteiger partial charge in [-0.05, 0) is 24.7 Å². The standard InChI is InChI=1S/C13H27N3O2S/c1-11(2)12-5-3-4-6-13(12)15-19(17,18)16-9-7-14-8-10-16/h11-15H,3-10H2,1-2H3. The van der Waals surface area contributed by atoms with E-state index in [1.54, 1.807) is 4.31 Å². The van der Waals surface area contributed by atoms with Crippen molar-refractivity contribution < 1.29 is 8.42 Å². The molecule has 6 heteroatoms. The average molecular weight is 289 g/mol. The summed E-state index contributed by atoms with van der Waals surface area (Å²) in [6.45, 7) is 7.05. The number of rotatable bonds is 4. The van der Waals surface area contributed by atoms with Gasteiger partial charge in [0.05, 0.1) is 0 Å². The number of hydrogen-bond donors (Lipinski definition) is 2. The summed E-state index contributed by atoms with van der Waals surface area (Å²) < 4.78 is 29.4. The van der Waals surface area contributed by atoms with Crippen molar-refractivity contribution in [2.24, 2.45) is 11.8 Å². The van der Waals surface area contributed by atoms with E-state index < -0.39 is 10.2 Å². The van der Waals surface area contributed by atoms with Gasteiger partial charge in [-0.15, -0.1) is 0 Å². The molecule has 2 N–H and O–H groups in total. The van der Waals surface area contributed by atoms with Crippen LogP contribution in [0.4, 0.5) is 0 Å². The lowest BCUT2D eigenvalue weighted by atomic mass is 9.78. The second kappa shape index (κ2) is 6.52. The maximum atomic E-state index is 12.4. The largest absolute Gasteiger partial charge is 0.314 e. The summed E-state index contributed by atoms with van der Waals surface area (Å²) in [6.07, 6.45) is 4.49. The second-order valence-corrected chi connectivity index (χ2v) is 7.77. The third-order valence-electron chi connectivity index (χ3n) is 4.39. The molecule has 0 radical (unpaired) electrons. The molecule has 112 valence electrons. The van der Waals surface area contributed by atoms with Crippen LogP contribution in [0.25, 0.3) is 0 Å². The Labute approximate surface area is 117 Å². The first-order chi connectivity index (χ1) is 9.00. The first kappa shape index (κ1) is 15.2. The van der Waals surface area contributed by atoms with Gasteiger partial charge in [0.2, 0.25) is 0 Å². The highest BCUT2D eigenvalue weighted by Gasteiger charge is 2.33. The van der Waals surface area contributed by atoms with E-state index in [9.17, 15) is 8.42 Å². The fourth-order valence-corrected chi connectivity index (χ4v) is 4.74. The molecule has 5 nitrogen and oxygen atoms in total. The summed E-state index contributed by atoms with van der Waals surface area (Å²) in [5.41, 5.74) is 0. The van der Waals surface area contributed by atoms with Gasteiger partial charge in [0, 0.05) is 32.2 Å². The third kappa shape index (κ3) is 3.90. The summed E-state index contributed by atoms with van der Waals surface area (Å²) in [5, 5.41) is 3.18. The fourth-order valence-electron chi connectivity index (χ4n) is 3.25. The van der Waals surface area contributed by atoms with Gasteiger partial charge in [-0.2, -0.15) is 17.4 Å². The van der Waals surface area contributed by atoms with Gasteiger partial charge < -0.3 is 5.32 Å². The van der Waals surface area contributed by atoms with E-state index in [1.807, 2.05) is 0 Å². The van der Waals surface area contributed by atoms with Crippen molar-refractivity contribution in [1.82, 2.24) is 14.3 Å². The molecule has 0 aromatic heterocycles. The van der Waals surface area contributed by atoms with Gasteiger partial charge in [0.25, 0.3) is 10.2 Å². The Balaban J connectivity index is 2.00. The minimum Gasteiger partial charge on any atom is -0.314 e. The molecule has 1 aliphatic heterocycles. The monoisotopic (exact) mass is 289 g/mol. The highest BCUT2D eigenvalue weighted by Crippen LogP contribution is 2.30. The normalized spacial score (nSPS) is 30.7. The fraction of sp³-hybridized carbons (Fsp3) is 1.00. The highest BCUT2D eigenvalue weighted by molar-refractivity contribution is 7.87. The predicted molar refractivity (Wildman–Crippen MR) is 77.1 cm³/mol. The zero-order valence-corrected chi connectivity index (χ0v) is 12.9. The first-order valence-corrected chi connectivity index (χ1v) is 8.93. The zero-order valence-electron chi connectivity index (χ0n) is 12.1. The molecule has 0 aromatic carbocycles. The van der Waals surface area contributed by atoms with Gasteiger partial charge in [-0.1, -0.05) is 26.7 Å². The van der Waals surface area contributed by atoms with E-state index in [0.717, 1.165) is 32.4 Å². The van der Waals surface area contributed by atoms with Crippen molar-refractivity contribution >= 4 is 10.2 Å². The molecule has 19 heavy (non-hydrogen) atoms. The van der Waals surface area contributed by atoms with Crippen molar-refractivity contribution in [2.45, 2.75) is 45.6 Å². The van der Waals surface area contributed by atoms with Crippen LogP contribution in [0.15, 0.2) is 0 Å². The maximum Gasteiger partial charge on any atom is 0.279 e. The molecule has 2 rings (SSSR count). The molecule has 2 atom stereocenters. The summed E-state index contributed by atoms with van der Waals surface area (Å²) in [7, 11) is -3.31. The van der Waals surface area contributed by atoms with E-state index in [-0.39, 0.29) is 6.04 Å². The SMILES string of the molecule is CC(C)C1CCCCC1NS(=O)(=O)N1CCNCC1.